The second-order valence-electron chi connectivity index (χ2n) is 4.74. The van der Waals surface area contributed by atoms with E-state index in [1.807, 2.05) is 0 Å². The number of methoxy groups -OCH3 is 1. The van der Waals surface area contributed by atoms with Gasteiger partial charge in [0, 0.05) is 13.7 Å². The Bertz CT molecular complexity index is 617. The Hall–Kier alpha value is -1.97. The van der Waals surface area contributed by atoms with Crippen LogP contribution >= 0.6 is 0 Å². The van der Waals surface area contributed by atoms with Crippen LogP contribution in [0.5, 0.6) is 0 Å². The molecule has 23 heavy (non-hydrogen) atoms. The molecule has 1 aromatic carbocycles. The van der Waals surface area contributed by atoms with Crippen LogP contribution in [-0.4, -0.2) is 51.4 Å². The van der Waals surface area contributed by atoms with Gasteiger partial charge in [-0.25, -0.2) is 17.9 Å². The molecule has 3 N–H and O–H groups in total. The molecular weight excluding hydrogens is 324 g/mol. The number of carboxylic acid groups (broad SMARTS) is 1. The van der Waals surface area contributed by atoms with Crippen LogP contribution < -0.4 is 10.0 Å². The summed E-state index contributed by atoms with van der Waals surface area (Å²) in [5, 5.41) is 11.5. The first kappa shape index (κ1) is 19.1. The highest BCUT2D eigenvalue weighted by Crippen LogP contribution is 2.12. The zero-order valence-electron chi connectivity index (χ0n) is 12.7. The molecule has 0 aliphatic heterocycles. The first-order chi connectivity index (χ1) is 10.9. The lowest BCUT2D eigenvalue weighted by molar-refractivity contribution is -0.141. The Morgan fingerprint density at radius 3 is 2.48 bits per heavy atom. The van der Waals surface area contributed by atoms with E-state index in [2.05, 4.69) is 10.0 Å². The van der Waals surface area contributed by atoms with Crippen LogP contribution in [0.15, 0.2) is 30.3 Å². The highest BCUT2D eigenvalue weighted by molar-refractivity contribution is 7.89. The van der Waals surface area contributed by atoms with Crippen molar-refractivity contribution in [1.29, 1.82) is 0 Å². The van der Waals surface area contributed by atoms with E-state index in [0.717, 1.165) is 0 Å². The molecule has 9 heteroatoms. The molecule has 0 saturated carbocycles. The second-order valence-corrected chi connectivity index (χ2v) is 6.66. The van der Waals surface area contributed by atoms with Gasteiger partial charge < -0.3 is 15.2 Å². The number of benzene rings is 1. The molecule has 0 radical (unpaired) electrons. The lowest BCUT2D eigenvalue weighted by atomic mass is 10.1. The Balaban J connectivity index is 2.56. The molecule has 0 heterocycles. The van der Waals surface area contributed by atoms with E-state index in [-0.39, 0.29) is 5.75 Å². The van der Waals surface area contributed by atoms with E-state index in [1.54, 1.807) is 30.3 Å². The van der Waals surface area contributed by atoms with Crippen molar-refractivity contribution in [3.8, 4) is 0 Å². The molecule has 0 fully saturated rings. The molecule has 0 spiro atoms. The minimum atomic E-state index is -3.61. The van der Waals surface area contributed by atoms with Crippen LogP contribution in [0.3, 0.4) is 0 Å². The van der Waals surface area contributed by atoms with Crippen LogP contribution in [0.4, 0.5) is 0 Å². The highest BCUT2D eigenvalue weighted by Gasteiger charge is 2.22. The maximum atomic E-state index is 11.8. The number of sulfonamides is 1. The number of carboxylic acids is 1. The van der Waals surface area contributed by atoms with Crippen molar-refractivity contribution in [3.63, 3.8) is 0 Å². The van der Waals surface area contributed by atoms with Gasteiger partial charge in [-0.05, 0) is 12.0 Å². The molecule has 0 saturated heterocycles. The summed E-state index contributed by atoms with van der Waals surface area (Å²) >= 11 is 0. The van der Waals surface area contributed by atoms with Crippen molar-refractivity contribution < 1.29 is 27.9 Å². The van der Waals surface area contributed by atoms with Crippen LogP contribution in [0.1, 0.15) is 18.0 Å². The van der Waals surface area contributed by atoms with Crippen molar-refractivity contribution in [2.24, 2.45) is 0 Å². The van der Waals surface area contributed by atoms with E-state index >= 15 is 0 Å². The Morgan fingerprint density at radius 1 is 1.26 bits per heavy atom. The van der Waals surface area contributed by atoms with Gasteiger partial charge in [-0.2, -0.15) is 0 Å². The second kappa shape index (κ2) is 9.23. The number of carbonyl (C=O) groups excluding carboxylic acids is 1. The number of hydrogen-bond donors (Lipinski definition) is 3. The van der Waals surface area contributed by atoms with E-state index in [0.29, 0.717) is 18.6 Å². The molecular formula is C14H20N2O6S. The molecule has 1 aromatic rings. The summed E-state index contributed by atoms with van der Waals surface area (Å²) in [5.74, 6) is -2.13. The lowest BCUT2D eigenvalue weighted by Crippen LogP contribution is -2.41. The third-order valence-corrected chi connectivity index (χ3v) is 4.31. The summed E-state index contributed by atoms with van der Waals surface area (Å²) < 4.78 is 30.2. The molecule has 0 bridgehead atoms. The minimum absolute atomic E-state index is 0.171. The minimum Gasteiger partial charge on any atom is -0.479 e. The van der Waals surface area contributed by atoms with Gasteiger partial charge in [0.1, 0.15) is 0 Å². The highest BCUT2D eigenvalue weighted by atomic mass is 32.2. The average molecular weight is 344 g/mol. The number of ether oxygens (including phenoxy) is 1. The maximum Gasteiger partial charge on any atom is 0.330 e. The Labute approximate surface area is 134 Å². The Kier molecular flexibility index (Phi) is 7.66. The van der Waals surface area contributed by atoms with Crippen LogP contribution in [-0.2, 0) is 24.3 Å². The maximum absolute atomic E-state index is 11.8. The fourth-order valence-corrected chi connectivity index (χ4v) is 2.78. The molecule has 0 aromatic heterocycles. The number of amides is 1. The fraction of sp³-hybridized carbons (Fsp3) is 0.429. The summed E-state index contributed by atoms with van der Waals surface area (Å²) in [5.41, 5.74) is 0.399. The summed E-state index contributed by atoms with van der Waals surface area (Å²) in [6.07, 6.45) is 0.301. The van der Waals surface area contributed by atoms with Crippen molar-refractivity contribution in [3.05, 3.63) is 35.9 Å². The SMILES string of the molecule is COCCCS(=O)(=O)NCC(=O)NC(C(=O)O)c1ccccc1. The van der Waals surface area contributed by atoms with Crippen LogP contribution in [0.25, 0.3) is 0 Å². The normalized spacial score (nSPS) is 12.6. The average Bonchev–Trinajstić information content (AvgIpc) is 2.51. The Morgan fingerprint density at radius 2 is 1.91 bits per heavy atom. The smallest absolute Gasteiger partial charge is 0.330 e. The summed E-state index contributed by atoms with van der Waals surface area (Å²) in [4.78, 5) is 23.0. The summed E-state index contributed by atoms with van der Waals surface area (Å²) in [6.45, 7) is -0.228. The topological polar surface area (TPSA) is 122 Å². The number of nitrogens with one attached hydrogen (secondary N) is 2. The van der Waals surface area contributed by atoms with Crippen molar-refractivity contribution >= 4 is 21.9 Å². The van der Waals surface area contributed by atoms with E-state index in [9.17, 15) is 23.1 Å². The lowest BCUT2D eigenvalue weighted by Gasteiger charge is -2.15. The quantitative estimate of drug-likeness (QED) is 0.509. The first-order valence-electron chi connectivity index (χ1n) is 6.89. The molecule has 1 amide bonds. The predicted octanol–water partition coefficient (Wildman–Crippen LogP) is -0.116. The number of rotatable bonds is 10. The molecule has 0 aliphatic carbocycles. The third-order valence-electron chi connectivity index (χ3n) is 2.90. The van der Waals surface area contributed by atoms with Gasteiger partial charge in [-0.1, -0.05) is 30.3 Å². The van der Waals surface area contributed by atoms with E-state index < -0.39 is 34.5 Å². The van der Waals surface area contributed by atoms with E-state index in [4.69, 9.17) is 4.74 Å². The summed E-state index contributed by atoms with van der Waals surface area (Å²) in [6, 6.07) is 6.91. The molecule has 128 valence electrons. The summed E-state index contributed by atoms with van der Waals surface area (Å²) in [7, 11) is -2.15. The third kappa shape index (κ3) is 7.22. The monoisotopic (exact) mass is 344 g/mol. The number of carbonyl (C=O) groups is 2. The van der Waals surface area contributed by atoms with Crippen molar-refractivity contribution in [2.45, 2.75) is 12.5 Å². The molecule has 1 unspecified atom stereocenters. The fourth-order valence-electron chi connectivity index (χ4n) is 1.79. The van der Waals surface area contributed by atoms with Gasteiger partial charge in [0.05, 0.1) is 12.3 Å². The van der Waals surface area contributed by atoms with Gasteiger partial charge in [0.2, 0.25) is 15.9 Å². The zero-order valence-corrected chi connectivity index (χ0v) is 13.5. The van der Waals surface area contributed by atoms with Gasteiger partial charge in [-0.15, -0.1) is 0 Å². The molecule has 8 nitrogen and oxygen atoms in total. The number of hydrogen-bond acceptors (Lipinski definition) is 5. The van der Waals surface area contributed by atoms with Gasteiger partial charge in [0.15, 0.2) is 6.04 Å². The first-order valence-corrected chi connectivity index (χ1v) is 8.54. The van der Waals surface area contributed by atoms with Gasteiger partial charge >= 0.3 is 5.97 Å². The molecule has 1 atom stereocenters. The van der Waals surface area contributed by atoms with Crippen molar-refractivity contribution in [2.75, 3.05) is 26.0 Å². The van der Waals surface area contributed by atoms with E-state index in [1.165, 1.54) is 7.11 Å². The molecule has 1 rings (SSSR count). The van der Waals surface area contributed by atoms with Crippen molar-refractivity contribution in [1.82, 2.24) is 10.0 Å². The standard InChI is InChI=1S/C14H20N2O6S/c1-22-8-5-9-23(20,21)15-10-12(17)16-13(14(18)19)11-6-3-2-4-7-11/h2-4,6-7,13,15H,5,8-10H2,1H3,(H,16,17)(H,18,19). The zero-order chi connectivity index (χ0) is 17.3. The van der Waals surface area contributed by atoms with Crippen LogP contribution in [0.2, 0.25) is 0 Å². The number of aliphatic carboxylic acids is 1. The predicted molar refractivity (Wildman–Crippen MR) is 83.2 cm³/mol. The van der Waals surface area contributed by atoms with Gasteiger partial charge in [-0.3, -0.25) is 4.79 Å². The van der Waals surface area contributed by atoms with Gasteiger partial charge in [0.25, 0.3) is 0 Å². The largest absolute Gasteiger partial charge is 0.479 e. The molecule has 0 aliphatic rings. The van der Waals surface area contributed by atoms with Crippen LogP contribution in [0, 0.1) is 0 Å².